The first-order valence-electron chi connectivity index (χ1n) is 15.2. The summed E-state index contributed by atoms with van der Waals surface area (Å²) in [5.74, 6) is -8.17. The lowest BCUT2D eigenvalue weighted by molar-refractivity contribution is -0.142. The van der Waals surface area contributed by atoms with E-state index < -0.39 is 70.1 Å². The average molecular weight is 787 g/mol. The van der Waals surface area contributed by atoms with E-state index in [0.717, 1.165) is 27.7 Å². The highest BCUT2D eigenvalue weighted by Gasteiger charge is 2.35. The van der Waals surface area contributed by atoms with Gasteiger partial charge in [-0.2, -0.15) is 36.5 Å². The lowest BCUT2D eigenvalue weighted by Crippen LogP contribution is -2.17. The Morgan fingerprint density at radius 1 is 0.618 bits per heavy atom. The number of nitrogens with zero attached hydrogens (tertiary/aromatic N) is 6. The van der Waals surface area contributed by atoms with Crippen LogP contribution in [0.15, 0.2) is 73.1 Å². The topological polar surface area (TPSA) is 103 Å². The van der Waals surface area contributed by atoms with Crippen LogP contribution in [0.2, 0.25) is 0 Å². The van der Waals surface area contributed by atoms with Gasteiger partial charge in [0.15, 0.2) is 11.4 Å². The van der Waals surface area contributed by atoms with Gasteiger partial charge in [0, 0.05) is 47.8 Å². The lowest BCUT2D eigenvalue weighted by atomic mass is 10.2. The van der Waals surface area contributed by atoms with Gasteiger partial charge in [-0.1, -0.05) is 0 Å². The number of carbonyl (C=O) groups excluding carboxylic acids is 1. The third-order valence-corrected chi connectivity index (χ3v) is 7.37. The number of rotatable bonds is 7. The summed E-state index contributed by atoms with van der Waals surface area (Å²) in [4.78, 5) is 19.8. The smallest absolute Gasteiger partial charge is 0.366 e. The van der Waals surface area contributed by atoms with Crippen LogP contribution < -0.4 is 10.6 Å². The molecular weight excluding hydrogens is 764 g/mol. The SMILES string of the molecule is Cc1cc(C(F)(F)F)nn1-c1ccc(NC(=O)c2c(F)cc(F)cc2F)nc1.Cc1cc(C(F)(F)F)nn1-c1ccc(NCc2c(F)cc(F)cc2F)nc1. The minimum Gasteiger partial charge on any atom is -0.366 e. The molecule has 288 valence electrons. The molecule has 2 N–H and O–H groups in total. The van der Waals surface area contributed by atoms with E-state index in [-0.39, 0.29) is 46.5 Å². The van der Waals surface area contributed by atoms with Crippen LogP contribution in [0, 0.1) is 48.8 Å². The Morgan fingerprint density at radius 2 is 1.04 bits per heavy atom. The zero-order chi connectivity index (χ0) is 40.4. The number of halogens is 12. The van der Waals surface area contributed by atoms with Gasteiger partial charge in [-0.15, -0.1) is 0 Å². The number of benzene rings is 2. The van der Waals surface area contributed by atoms with Gasteiger partial charge in [0.2, 0.25) is 0 Å². The highest BCUT2D eigenvalue weighted by molar-refractivity contribution is 6.04. The number of hydrogen-bond donors (Lipinski definition) is 2. The van der Waals surface area contributed by atoms with Gasteiger partial charge in [-0.05, 0) is 50.2 Å². The molecule has 4 aromatic heterocycles. The van der Waals surface area contributed by atoms with Gasteiger partial charge in [-0.25, -0.2) is 45.7 Å². The first-order valence-corrected chi connectivity index (χ1v) is 15.2. The summed E-state index contributed by atoms with van der Waals surface area (Å²) in [6.45, 7) is 2.59. The van der Waals surface area contributed by atoms with Crippen molar-refractivity contribution >= 4 is 17.5 Å². The number of aryl methyl sites for hydroxylation is 2. The highest BCUT2D eigenvalue weighted by Crippen LogP contribution is 2.30. The van der Waals surface area contributed by atoms with E-state index in [0.29, 0.717) is 24.3 Å². The molecule has 0 radical (unpaired) electrons. The van der Waals surface area contributed by atoms with Gasteiger partial charge in [0.1, 0.15) is 52.1 Å². The van der Waals surface area contributed by atoms with Crippen molar-refractivity contribution in [2.75, 3.05) is 10.6 Å². The average Bonchev–Trinajstić information content (AvgIpc) is 3.68. The van der Waals surface area contributed by atoms with Crippen LogP contribution in [0.5, 0.6) is 0 Å². The summed E-state index contributed by atoms with van der Waals surface area (Å²) in [5.41, 5.74) is -2.54. The van der Waals surface area contributed by atoms with E-state index in [1.807, 2.05) is 0 Å². The number of carbonyl (C=O) groups is 1. The Hall–Kier alpha value is -6.41. The van der Waals surface area contributed by atoms with Gasteiger partial charge in [0.25, 0.3) is 5.91 Å². The van der Waals surface area contributed by atoms with Crippen molar-refractivity contribution in [2.24, 2.45) is 0 Å². The Balaban J connectivity index is 0.000000211. The number of nitrogens with one attached hydrogen (secondary N) is 2. The zero-order valence-corrected chi connectivity index (χ0v) is 27.8. The molecule has 0 fully saturated rings. The van der Waals surface area contributed by atoms with Crippen molar-refractivity contribution < 1.29 is 57.5 Å². The second-order valence-corrected chi connectivity index (χ2v) is 11.4. The van der Waals surface area contributed by atoms with Crippen molar-refractivity contribution in [2.45, 2.75) is 32.7 Å². The molecule has 6 aromatic rings. The number of alkyl halides is 6. The van der Waals surface area contributed by atoms with E-state index in [2.05, 4.69) is 30.8 Å². The van der Waals surface area contributed by atoms with Crippen molar-refractivity contribution in [3.63, 3.8) is 0 Å². The molecule has 0 aliphatic rings. The molecule has 2 aromatic carbocycles. The van der Waals surface area contributed by atoms with Gasteiger partial charge >= 0.3 is 12.4 Å². The summed E-state index contributed by atoms with van der Waals surface area (Å²) < 4.78 is 159. The molecule has 0 unspecified atom stereocenters. The summed E-state index contributed by atoms with van der Waals surface area (Å²) in [6.07, 6.45) is -6.79. The molecule has 0 atom stereocenters. The fourth-order valence-electron chi connectivity index (χ4n) is 4.81. The third-order valence-electron chi connectivity index (χ3n) is 7.37. The van der Waals surface area contributed by atoms with Crippen LogP contribution in [-0.4, -0.2) is 35.4 Å². The molecule has 1 amide bonds. The van der Waals surface area contributed by atoms with Gasteiger partial charge in [-0.3, -0.25) is 4.79 Å². The van der Waals surface area contributed by atoms with Crippen molar-refractivity contribution in [3.05, 3.63) is 142 Å². The zero-order valence-electron chi connectivity index (χ0n) is 27.8. The second-order valence-electron chi connectivity index (χ2n) is 11.4. The van der Waals surface area contributed by atoms with Crippen LogP contribution in [-0.2, 0) is 18.9 Å². The molecule has 0 saturated carbocycles. The van der Waals surface area contributed by atoms with Crippen molar-refractivity contribution in [3.8, 4) is 11.4 Å². The number of aromatic nitrogens is 6. The van der Waals surface area contributed by atoms with E-state index in [1.165, 1.54) is 44.3 Å². The Morgan fingerprint density at radius 3 is 1.42 bits per heavy atom. The number of hydrogen-bond acceptors (Lipinski definition) is 6. The second kappa shape index (κ2) is 15.5. The van der Waals surface area contributed by atoms with Crippen LogP contribution in [0.1, 0.15) is 38.7 Å². The van der Waals surface area contributed by atoms with E-state index in [1.54, 1.807) is 0 Å². The maximum absolute atomic E-state index is 13.6. The summed E-state index contributed by atoms with van der Waals surface area (Å²) >= 11 is 0. The first-order chi connectivity index (χ1) is 25.7. The first kappa shape index (κ1) is 39.8. The third kappa shape index (κ3) is 9.40. The molecular formula is C34H22F12N8O. The van der Waals surface area contributed by atoms with Crippen LogP contribution >= 0.6 is 0 Å². The van der Waals surface area contributed by atoms with Crippen molar-refractivity contribution in [1.29, 1.82) is 0 Å². The van der Waals surface area contributed by atoms with E-state index >= 15 is 0 Å². The number of amides is 1. The fourth-order valence-corrected chi connectivity index (χ4v) is 4.81. The number of anilines is 2. The molecule has 0 aliphatic heterocycles. The largest absolute Gasteiger partial charge is 0.435 e. The molecule has 0 saturated heterocycles. The van der Waals surface area contributed by atoms with Crippen LogP contribution in [0.25, 0.3) is 11.4 Å². The molecule has 9 nitrogen and oxygen atoms in total. The highest BCUT2D eigenvalue weighted by atomic mass is 19.4. The van der Waals surface area contributed by atoms with Crippen LogP contribution in [0.3, 0.4) is 0 Å². The standard InChI is InChI=1S/C17H10F6N4O.C17H12F6N4/c1-8-4-13(17(21,22)23)26-27(8)10-2-3-14(24-7-10)25-16(28)15-11(19)5-9(18)6-12(15)20;1-9-4-15(17(21,22)23)26-27(9)11-2-3-16(24-7-11)25-8-12-13(19)5-10(18)6-14(12)20/h2-7H,1H3,(H,24,25,28);2-7H,8H2,1H3,(H,24,25). The normalized spacial score (nSPS) is 11.6. The summed E-state index contributed by atoms with van der Waals surface area (Å²) in [5, 5.41) is 11.7. The maximum atomic E-state index is 13.6. The van der Waals surface area contributed by atoms with Gasteiger partial charge in [0.05, 0.1) is 23.8 Å². The molecule has 0 bridgehead atoms. The Labute approximate surface area is 301 Å². The lowest BCUT2D eigenvalue weighted by Gasteiger charge is -2.09. The summed E-state index contributed by atoms with van der Waals surface area (Å²) in [7, 11) is 0. The molecule has 0 aliphatic carbocycles. The minimum absolute atomic E-state index is 0.127. The molecule has 21 heteroatoms. The summed E-state index contributed by atoms with van der Waals surface area (Å²) in [6, 6.07) is 8.99. The Bertz CT molecular complexity index is 2290. The van der Waals surface area contributed by atoms with Crippen molar-refractivity contribution in [1.82, 2.24) is 29.5 Å². The Kier molecular flexibility index (Phi) is 11.2. The predicted molar refractivity (Wildman–Crippen MR) is 170 cm³/mol. The molecule has 4 heterocycles. The molecule has 6 rings (SSSR count). The number of pyridine rings is 2. The fraction of sp³-hybridized carbons (Fsp3) is 0.147. The van der Waals surface area contributed by atoms with E-state index in [4.69, 9.17) is 0 Å². The minimum atomic E-state index is -4.61. The monoisotopic (exact) mass is 786 g/mol. The van der Waals surface area contributed by atoms with E-state index in [9.17, 15) is 57.5 Å². The van der Waals surface area contributed by atoms with Gasteiger partial charge < -0.3 is 10.6 Å². The quantitative estimate of drug-likeness (QED) is 0.157. The molecule has 55 heavy (non-hydrogen) atoms. The molecule has 0 spiro atoms. The van der Waals surface area contributed by atoms with Crippen LogP contribution in [0.4, 0.5) is 64.3 Å². The maximum Gasteiger partial charge on any atom is 0.435 e. The predicted octanol–water partition coefficient (Wildman–Crippen LogP) is 8.89.